The predicted octanol–water partition coefficient (Wildman–Crippen LogP) is 2.03. The van der Waals surface area contributed by atoms with Crippen LogP contribution in [0.2, 0.25) is 0 Å². The second-order valence-electron chi connectivity index (χ2n) is 3.82. The molecule has 1 aromatic rings. The second-order valence-corrected chi connectivity index (χ2v) is 4.68. The van der Waals surface area contributed by atoms with E-state index in [0.29, 0.717) is 6.54 Å². The molecule has 1 N–H and O–H groups in total. The van der Waals surface area contributed by atoms with Crippen molar-refractivity contribution in [1.82, 2.24) is 5.32 Å². The highest BCUT2D eigenvalue weighted by Crippen LogP contribution is 2.25. The molecule has 0 bridgehead atoms. The molecule has 0 heterocycles. The molecule has 0 fully saturated rings. The van der Waals surface area contributed by atoms with Gasteiger partial charge in [0.25, 0.3) is 0 Å². The summed E-state index contributed by atoms with van der Waals surface area (Å²) in [6.07, 6.45) is 0.221. The number of halogens is 1. The van der Waals surface area contributed by atoms with Crippen LogP contribution in [0.5, 0.6) is 5.75 Å². The van der Waals surface area contributed by atoms with Crippen molar-refractivity contribution in [3.8, 4) is 5.75 Å². The van der Waals surface area contributed by atoms with E-state index in [4.69, 9.17) is 4.74 Å². The highest BCUT2D eigenvalue weighted by Gasteiger charge is 2.07. The van der Waals surface area contributed by atoms with Gasteiger partial charge >= 0.3 is 5.97 Å². The molecule has 0 aromatic heterocycles. The van der Waals surface area contributed by atoms with Gasteiger partial charge in [0.2, 0.25) is 5.91 Å². The van der Waals surface area contributed by atoms with Crippen molar-refractivity contribution >= 4 is 27.8 Å². The van der Waals surface area contributed by atoms with Crippen LogP contribution in [0.25, 0.3) is 0 Å². The smallest absolute Gasteiger partial charge is 0.306 e. The highest BCUT2D eigenvalue weighted by molar-refractivity contribution is 9.10. The number of hydrogen-bond donors (Lipinski definition) is 1. The number of hydrogen-bond acceptors (Lipinski definition) is 4. The van der Waals surface area contributed by atoms with Crippen molar-refractivity contribution in [1.29, 1.82) is 0 Å². The fraction of sp³-hybridized carbons (Fsp3) is 0.385. The Labute approximate surface area is 120 Å². The Kier molecular flexibility index (Phi) is 6.35. The van der Waals surface area contributed by atoms with E-state index < -0.39 is 0 Å². The van der Waals surface area contributed by atoms with E-state index in [9.17, 15) is 9.59 Å². The van der Waals surface area contributed by atoms with Crippen LogP contribution in [0.1, 0.15) is 18.4 Å². The summed E-state index contributed by atoms with van der Waals surface area (Å²) in [6.45, 7) is 0.405. The van der Waals surface area contributed by atoms with Crippen LogP contribution < -0.4 is 10.1 Å². The Morgan fingerprint density at radius 3 is 2.58 bits per heavy atom. The van der Waals surface area contributed by atoms with Crippen LogP contribution in [-0.4, -0.2) is 26.1 Å². The number of carbonyl (C=O) groups excluding carboxylic acids is 2. The third kappa shape index (κ3) is 5.30. The molecule has 104 valence electrons. The van der Waals surface area contributed by atoms with Crippen LogP contribution in [-0.2, 0) is 20.9 Å². The molecular formula is C13H16BrNO4. The van der Waals surface area contributed by atoms with Crippen molar-refractivity contribution in [2.75, 3.05) is 14.2 Å². The van der Waals surface area contributed by atoms with Gasteiger partial charge < -0.3 is 14.8 Å². The van der Waals surface area contributed by atoms with Gasteiger partial charge in [-0.2, -0.15) is 0 Å². The molecule has 0 saturated carbocycles. The lowest BCUT2D eigenvalue weighted by atomic mass is 10.2. The SMILES string of the molecule is COC(=O)CCC(=O)NCc1ccc(OC)c(Br)c1. The molecule has 0 aliphatic heterocycles. The lowest BCUT2D eigenvalue weighted by Crippen LogP contribution is -2.23. The standard InChI is InChI=1S/C13H16BrNO4/c1-18-11-4-3-9(7-10(11)14)8-15-12(16)5-6-13(17)19-2/h3-4,7H,5-6,8H2,1-2H3,(H,15,16). The maximum Gasteiger partial charge on any atom is 0.306 e. The molecule has 5 nitrogen and oxygen atoms in total. The molecule has 1 amide bonds. The van der Waals surface area contributed by atoms with Crippen molar-refractivity contribution in [3.05, 3.63) is 28.2 Å². The number of rotatable bonds is 6. The summed E-state index contributed by atoms with van der Waals surface area (Å²) in [5, 5.41) is 2.73. The van der Waals surface area contributed by atoms with E-state index in [-0.39, 0.29) is 24.7 Å². The van der Waals surface area contributed by atoms with Gasteiger partial charge in [-0.3, -0.25) is 9.59 Å². The third-order valence-corrected chi connectivity index (χ3v) is 3.11. The Balaban J connectivity index is 2.42. The second kappa shape index (κ2) is 7.78. The van der Waals surface area contributed by atoms with Crippen molar-refractivity contribution in [2.24, 2.45) is 0 Å². The highest BCUT2D eigenvalue weighted by atomic mass is 79.9. The average Bonchev–Trinajstić information content (AvgIpc) is 2.42. The zero-order valence-electron chi connectivity index (χ0n) is 10.9. The van der Waals surface area contributed by atoms with Crippen LogP contribution in [0.3, 0.4) is 0 Å². The molecule has 0 aliphatic carbocycles. The van der Waals surface area contributed by atoms with Gasteiger partial charge in [-0.05, 0) is 33.6 Å². The summed E-state index contributed by atoms with van der Waals surface area (Å²) in [4.78, 5) is 22.4. The number of amides is 1. The maximum absolute atomic E-state index is 11.5. The lowest BCUT2D eigenvalue weighted by Gasteiger charge is -2.08. The fourth-order valence-electron chi connectivity index (χ4n) is 1.43. The summed E-state index contributed by atoms with van der Waals surface area (Å²) in [6, 6.07) is 5.56. The van der Waals surface area contributed by atoms with Gasteiger partial charge in [-0.25, -0.2) is 0 Å². The van der Waals surface area contributed by atoms with Gasteiger partial charge in [0, 0.05) is 13.0 Å². The molecule has 0 aliphatic rings. The molecular weight excluding hydrogens is 314 g/mol. The summed E-state index contributed by atoms with van der Waals surface area (Å²) >= 11 is 3.37. The number of benzene rings is 1. The minimum Gasteiger partial charge on any atom is -0.496 e. The first-order chi connectivity index (χ1) is 9.06. The number of carbonyl (C=O) groups is 2. The molecule has 0 unspecified atom stereocenters. The van der Waals surface area contributed by atoms with E-state index in [1.807, 2.05) is 18.2 Å². The molecule has 1 rings (SSSR count). The normalized spacial score (nSPS) is 9.84. The van der Waals surface area contributed by atoms with Crippen LogP contribution in [0.4, 0.5) is 0 Å². The van der Waals surface area contributed by atoms with Gasteiger partial charge in [-0.15, -0.1) is 0 Å². The molecule has 19 heavy (non-hydrogen) atoms. The summed E-state index contributed by atoms with van der Waals surface area (Å²) in [5.74, 6) is 0.167. The van der Waals surface area contributed by atoms with Crippen molar-refractivity contribution < 1.29 is 19.1 Å². The van der Waals surface area contributed by atoms with E-state index in [2.05, 4.69) is 26.0 Å². The molecule has 0 spiro atoms. The zero-order valence-corrected chi connectivity index (χ0v) is 12.5. The van der Waals surface area contributed by atoms with Gasteiger partial charge in [0.15, 0.2) is 0 Å². The largest absolute Gasteiger partial charge is 0.496 e. The molecule has 0 radical (unpaired) electrons. The Hall–Kier alpha value is -1.56. The van der Waals surface area contributed by atoms with Crippen molar-refractivity contribution in [3.63, 3.8) is 0 Å². The molecule has 6 heteroatoms. The van der Waals surface area contributed by atoms with Gasteiger partial charge in [0.1, 0.15) is 5.75 Å². The first kappa shape index (κ1) is 15.5. The van der Waals surface area contributed by atoms with E-state index in [0.717, 1.165) is 15.8 Å². The number of esters is 1. The monoisotopic (exact) mass is 329 g/mol. The quantitative estimate of drug-likeness (QED) is 0.811. The molecule has 0 saturated heterocycles. The Bertz CT molecular complexity index is 462. The third-order valence-electron chi connectivity index (χ3n) is 2.49. The van der Waals surface area contributed by atoms with Crippen molar-refractivity contribution in [2.45, 2.75) is 19.4 Å². The van der Waals surface area contributed by atoms with Crippen LogP contribution in [0.15, 0.2) is 22.7 Å². The maximum atomic E-state index is 11.5. The van der Waals surface area contributed by atoms with E-state index in [1.165, 1.54) is 7.11 Å². The topological polar surface area (TPSA) is 64.6 Å². The average molecular weight is 330 g/mol. The Morgan fingerprint density at radius 1 is 1.26 bits per heavy atom. The fourth-order valence-corrected chi connectivity index (χ4v) is 2.01. The predicted molar refractivity (Wildman–Crippen MR) is 73.8 cm³/mol. The van der Waals surface area contributed by atoms with Crippen LogP contribution in [0, 0.1) is 0 Å². The van der Waals surface area contributed by atoms with Gasteiger partial charge in [-0.1, -0.05) is 6.07 Å². The minimum absolute atomic E-state index is 0.0919. The molecule has 1 aromatic carbocycles. The number of ether oxygens (including phenoxy) is 2. The minimum atomic E-state index is -0.387. The first-order valence-corrected chi connectivity index (χ1v) is 6.52. The first-order valence-electron chi connectivity index (χ1n) is 5.72. The summed E-state index contributed by atoms with van der Waals surface area (Å²) in [5.41, 5.74) is 0.944. The number of nitrogens with one attached hydrogen (secondary N) is 1. The Morgan fingerprint density at radius 2 is 2.00 bits per heavy atom. The summed E-state index contributed by atoms with van der Waals surface area (Å²) in [7, 11) is 2.89. The van der Waals surface area contributed by atoms with E-state index in [1.54, 1.807) is 7.11 Å². The lowest BCUT2D eigenvalue weighted by molar-refractivity contribution is -0.142. The number of methoxy groups -OCH3 is 2. The van der Waals surface area contributed by atoms with Crippen LogP contribution >= 0.6 is 15.9 Å². The molecule has 0 atom stereocenters. The summed E-state index contributed by atoms with van der Waals surface area (Å²) < 4.78 is 10.4. The zero-order chi connectivity index (χ0) is 14.3. The van der Waals surface area contributed by atoms with Gasteiger partial charge in [0.05, 0.1) is 25.1 Å². The van der Waals surface area contributed by atoms with E-state index >= 15 is 0 Å².